The number of ether oxygens (including phenoxy) is 2. The maximum atomic E-state index is 12.7. The van der Waals surface area contributed by atoms with Crippen LogP contribution in [0.15, 0.2) is 176 Å². The molecule has 9 nitrogen and oxygen atoms in total. The minimum Gasteiger partial charge on any atom is -0.466 e. The fourth-order valence-electron chi connectivity index (χ4n) is 14.3. The highest BCUT2D eigenvalue weighted by Gasteiger charge is 2.19. The van der Waals surface area contributed by atoms with Crippen molar-refractivity contribution in [2.75, 3.05) is 13.2 Å². The summed E-state index contributed by atoms with van der Waals surface area (Å²) in [5, 5.41) is 15.6. The lowest BCUT2D eigenvalue weighted by molar-refractivity contribution is -0.144. The molecular weight excluding hydrogens is 1110 g/mol. The second-order valence-corrected chi connectivity index (χ2v) is 25.2. The molecular formula is C81H85N5O4. The molecule has 0 saturated carbocycles. The lowest BCUT2D eigenvalue weighted by atomic mass is 9.90. The van der Waals surface area contributed by atoms with E-state index in [1.165, 1.54) is 153 Å². The molecule has 0 amide bonds. The highest BCUT2D eigenvalue weighted by atomic mass is 16.5. The molecule has 0 unspecified atom stereocenters. The average molecular weight is 1190 g/mol. The van der Waals surface area contributed by atoms with Gasteiger partial charge in [-0.05, 0) is 164 Å². The number of nitrogens with zero attached hydrogens (tertiary/aromatic N) is 5. The van der Waals surface area contributed by atoms with Crippen LogP contribution in [0, 0.1) is 0 Å². The molecule has 0 atom stereocenters. The number of fused-ring (bicyclic) bond motifs is 2. The van der Waals surface area contributed by atoms with Crippen LogP contribution in [0.25, 0.3) is 110 Å². The van der Waals surface area contributed by atoms with E-state index in [1.807, 2.05) is 0 Å². The summed E-state index contributed by atoms with van der Waals surface area (Å²) in [7, 11) is 0. The van der Waals surface area contributed by atoms with Crippen molar-refractivity contribution >= 4 is 98.6 Å². The van der Waals surface area contributed by atoms with Crippen molar-refractivity contribution in [3.63, 3.8) is 0 Å². The van der Waals surface area contributed by atoms with Gasteiger partial charge in [-0.1, -0.05) is 229 Å². The zero-order valence-electron chi connectivity index (χ0n) is 52.4. The Morgan fingerprint density at radius 1 is 0.311 bits per heavy atom. The van der Waals surface area contributed by atoms with Crippen LogP contribution < -0.4 is 0 Å². The molecule has 0 aliphatic carbocycles. The monoisotopic (exact) mass is 1190 g/mol. The molecule has 0 saturated heterocycles. The maximum Gasteiger partial charge on any atom is 0.305 e. The van der Waals surface area contributed by atoms with Gasteiger partial charge in [0.2, 0.25) is 0 Å². The second-order valence-electron chi connectivity index (χ2n) is 25.2. The lowest BCUT2D eigenvalue weighted by Gasteiger charge is -2.14. The predicted molar refractivity (Wildman–Crippen MR) is 373 cm³/mol. The van der Waals surface area contributed by atoms with Gasteiger partial charge >= 0.3 is 11.9 Å². The lowest BCUT2D eigenvalue weighted by Crippen LogP contribution is -2.06. The summed E-state index contributed by atoms with van der Waals surface area (Å²) in [4.78, 5) is 41.0. The molecule has 10 aromatic carbocycles. The number of rotatable bonds is 34. The van der Waals surface area contributed by atoms with Gasteiger partial charge < -0.3 is 18.6 Å². The summed E-state index contributed by atoms with van der Waals surface area (Å²) < 4.78 is 16.1. The zero-order valence-corrected chi connectivity index (χ0v) is 52.4. The van der Waals surface area contributed by atoms with Gasteiger partial charge in [-0.2, -0.15) is 0 Å². The normalized spacial score (nSPS) is 12.0. The largest absolute Gasteiger partial charge is 0.466 e. The van der Waals surface area contributed by atoms with E-state index in [0.717, 1.165) is 122 Å². The van der Waals surface area contributed by atoms with Gasteiger partial charge in [-0.15, -0.1) is 0 Å². The van der Waals surface area contributed by atoms with Gasteiger partial charge in [0.1, 0.15) is 11.4 Å². The SMILES string of the molecule is O=C(CCCc1ccc2ccc3cccc4ccc1c2c34)OCCCCCCCCCCCn1c(-c2cccc(-c3nc4ccccc4n3CCCCCCCCCCCOC(=O)CCCc3ccc4ccc5cccc6ccc3c4c56)n2)nc2ccccc21. The first-order chi connectivity index (χ1) is 44.5. The molecule has 0 bridgehead atoms. The van der Waals surface area contributed by atoms with Crippen molar-refractivity contribution in [2.24, 2.45) is 0 Å². The quantitative estimate of drug-likeness (QED) is 0.0225. The Morgan fingerprint density at radius 2 is 0.656 bits per heavy atom. The van der Waals surface area contributed by atoms with Crippen molar-refractivity contribution in [2.45, 2.75) is 167 Å². The van der Waals surface area contributed by atoms with Gasteiger partial charge in [0, 0.05) is 25.9 Å². The second kappa shape index (κ2) is 29.3. The summed E-state index contributed by atoms with van der Waals surface area (Å²) in [5.41, 5.74) is 8.64. The molecule has 13 aromatic rings. The molecule has 0 N–H and O–H groups in total. The highest BCUT2D eigenvalue weighted by Crippen LogP contribution is 2.39. The maximum absolute atomic E-state index is 12.7. The molecule has 90 heavy (non-hydrogen) atoms. The number of imidazole rings is 2. The van der Waals surface area contributed by atoms with Crippen molar-refractivity contribution in [3.8, 4) is 23.0 Å². The molecule has 0 spiro atoms. The predicted octanol–water partition coefficient (Wildman–Crippen LogP) is 21.1. The van der Waals surface area contributed by atoms with Crippen LogP contribution in [-0.2, 0) is 45.0 Å². The van der Waals surface area contributed by atoms with Gasteiger partial charge in [0.15, 0.2) is 11.6 Å². The first kappa shape index (κ1) is 60.2. The van der Waals surface area contributed by atoms with E-state index in [9.17, 15) is 9.59 Å². The Bertz CT molecular complexity index is 4220. The molecule has 3 aromatic heterocycles. The number of aryl methyl sites for hydroxylation is 4. The number of unbranched alkanes of at least 4 members (excludes halogenated alkanes) is 16. The number of hydrogen-bond acceptors (Lipinski definition) is 7. The molecule has 13 rings (SSSR count). The minimum absolute atomic E-state index is 0.0769. The Kier molecular flexibility index (Phi) is 19.6. The summed E-state index contributed by atoms with van der Waals surface area (Å²) in [6.07, 6.45) is 25.0. The number of para-hydroxylation sites is 4. The summed E-state index contributed by atoms with van der Waals surface area (Å²) in [6.45, 7) is 2.82. The molecule has 0 aliphatic heterocycles. The molecule has 0 aliphatic rings. The van der Waals surface area contributed by atoms with Crippen LogP contribution in [0.5, 0.6) is 0 Å². The Labute approximate surface area is 529 Å². The number of esters is 2. The van der Waals surface area contributed by atoms with E-state index < -0.39 is 0 Å². The minimum atomic E-state index is -0.0769. The molecule has 0 fully saturated rings. The molecule has 3 heterocycles. The van der Waals surface area contributed by atoms with Crippen LogP contribution in [0.3, 0.4) is 0 Å². The first-order valence-corrected chi connectivity index (χ1v) is 34.0. The van der Waals surface area contributed by atoms with Crippen LogP contribution >= 0.6 is 0 Å². The van der Waals surface area contributed by atoms with Crippen molar-refractivity contribution in [1.29, 1.82) is 0 Å². The van der Waals surface area contributed by atoms with Crippen LogP contribution in [-0.4, -0.2) is 49.2 Å². The molecule has 9 heteroatoms. The summed E-state index contributed by atoms with van der Waals surface area (Å²) >= 11 is 0. The molecule has 0 radical (unpaired) electrons. The number of pyridine rings is 1. The fourth-order valence-corrected chi connectivity index (χ4v) is 14.3. The first-order valence-electron chi connectivity index (χ1n) is 34.0. The van der Waals surface area contributed by atoms with E-state index in [0.29, 0.717) is 26.1 Å². The zero-order chi connectivity index (χ0) is 60.9. The number of carbonyl (C=O) groups excluding carboxylic acids is 2. The van der Waals surface area contributed by atoms with Gasteiger partial charge in [0.25, 0.3) is 0 Å². The number of carbonyl (C=O) groups is 2. The van der Waals surface area contributed by atoms with Crippen LogP contribution in [0.2, 0.25) is 0 Å². The number of hydrogen-bond donors (Lipinski definition) is 0. The summed E-state index contributed by atoms with van der Waals surface area (Å²) in [6, 6.07) is 63.1. The molecule has 458 valence electrons. The number of benzene rings is 10. The smallest absolute Gasteiger partial charge is 0.305 e. The van der Waals surface area contributed by atoms with Crippen LogP contribution in [0.4, 0.5) is 0 Å². The van der Waals surface area contributed by atoms with Crippen molar-refractivity contribution in [1.82, 2.24) is 24.1 Å². The Hall–Kier alpha value is -8.69. The summed E-state index contributed by atoms with van der Waals surface area (Å²) in [5.74, 6) is 1.67. The van der Waals surface area contributed by atoms with E-state index >= 15 is 0 Å². The standard InChI is InChI=1S/C81H85N5O4/c87-74(40-25-28-58-42-44-64-48-46-60-30-23-32-62-50-52-66(58)78(64)76(60)62)89-56-21-13-9-5-1-3-7-11-19-54-85-72-38-17-15-34-68(72)83-80(85)70-36-27-37-71(82-70)81-84-69-35-16-18-39-73(69)86(81)55-20-12-8-4-2-6-10-14-22-57-90-75(88)41-26-29-59-43-45-65-49-47-61-31-24-33-63-51-53-67(59)79(65)77(61)63/h15-18,23-24,27,30-39,42-53H,1-14,19-22,25-26,28-29,40-41,54-57H2. The van der Waals surface area contributed by atoms with Gasteiger partial charge in [-0.25, -0.2) is 15.0 Å². The third kappa shape index (κ3) is 13.9. The van der Waals surface area contributed by atoms with Gasteiger partial charge in [-0.3, -0.25) is 9.59 Å². The van der Waals surface area contributed by atoms with E-state index in [2.05, 4.69) is 185 Å². The third-order valence-corrected chi connectivity index (χ3v) is 19.0. The highest BCUT2D eigenvalue weighted by molar-refractivity contribution is 6.24. The van der Waals surface area contributed by atoms with E-state index in [1.54, 1.807) is 0 Å². The average Bonchev–Trinajstić information content (AvgIpc) is 1.10. The van der Waals surface area contributed by atoms with Crippen molar-refractivity contribution in [3.05, 3.63) is 187 Å². The Morgan fingerprint density at radius 3 is 1.08 bits per heavy atom. The third-order valence-electron chi connectivity index (χ3n) is 19.0. The van der Waals surface area contributed by atoms with Crippen molar-refractivity contribution < 1.29 is 19.1 Å². The van der Waals surface area contributed by atoms with E-state index in [4.69, 9.17) is 24.4 Å². The topological polar surface area (TPSA) is 101 Å². The van der Waals surface area contributed by atoms with Crippen LogP contribution in [0.1, 0.15) is 152 Å². The number of aromatic nitrogens is 5. The fraction of sp³-hybridized carbons (Fsp3) is 0.346. The van der Waals surface area contributed by atoms with Gasteiger partial charge in [0.05, 0.1) is 35.3 Å². The van der Waals surface area contributed by atoms with E-state index in [-0.39, 0.29) is 11.9 Å². The Balaban J connectivity index is 0.496.